The smallest absolute Gasteiger partial charge is 0.404 e. The molecule has 1 heterocycles. The first kappa shape index (κ1) is 26.6. The average Bonchev–Trinajstić information content (AvgIpc) is 2.84. The van der Waals surface area contributed by atoms with Crippen molar-refractivity contribution in [1.29, 1.82) is 0 Å². The van der Waals surface area contributed by atoms with Crippen molar-refractivity contribution in [3.63, 3.8) is 0 Å². The van der Waals surface area contributed by atoms with Crippen molar-refractivity contribution in [2.45, 2.75) is 31.8 Å². The lowest BCUT2D eigenvalue weighted by Gasteiger charge is -2.32. The molecule has 0 spiro atoms. The van der Waals surface area contributed by atoms with Crippen molar-refractivity contribution in [3.8, 4) is 5.75 Å². The highest BCUT2D eigenvalue weighted by molar-refractivity contribution is 6.33. The van der Waals surface area contributed by atoms with Gasteiger partial charge < -0.3 is 31.2 Å². The van der Waals surface area contributed by atoms with E-state index in [1.807, 2.05) is 0 Å². The van der Waals surface area contributed by atoms with Crippen LogP contribution in [0.2, 0.25) is 5.02 Å². The van der Waals surface area contributed by atoms with Crippen LogP contribution in [0.4, 0.5) is 14.9 Å². The minimum absolute atomic E-state index is 0.251. The standard InChI is InChI=1S/C25H32ClFN4O4/c1-34-23-14-22(28)21(26)13-20(23)24(32)30-15-17-6-9-31(10-7-17)11-8-19(35-25(29)33)12-16-2-4-18(27)5-3-16/h2-5,13-14,17,19H,6-12,15,28H2,1H3,(H2,29,33)(H,30,32). The van der Waals surface area contributed by atoms with Gasteiger partial charge in [0, 0.05) is 25.6 Å². The van der Waals surface area contributed by atoms with Crippen molar-refractivity contribution < 1.29 is 23.5 Å². The third kappa shape index (κ3) is 8.00. The van der Waals surface area contributed by atoms with Gasteiger partial charge in [0.15, 0.2) is 0 Å². The minimum atomic E-state index is -0.814. The quantitative estimate of drug-likeness (QED) is 0.423. The van der Waals surface area contributed by atoms with Gasteiger partial charge in [0.05, 0.1) is 23.4 Å². The first-order valence-corrected chi connectivity index (χ1v) is 12.0. The van der Waals surface area contributed by atoms with Crippen LogP contribution in [-0.4, -0.2) is 56.3 Å². The summed E-state index contributed by atoms with van der Waals surface area (Å²) in [6, 6.07) is 9.20. The number of ether oxygens (including phenoxy) is 2. The normalized spacial score (nSPS) is 15.4. The predicted octanol–water partition coefficient (Wildman–Crippen LogP) is 3.61. The van der Waals surface area contributed by atoms with Crippen LogP contribution >= 0.6 is 11.6 Å². The highest BCUT2D eigenvalue weighted by Gasteiger charge is 2.23. The first-order valence-electron chi connectivity index (χ1n) is 11.6. The van der Waals surface area contributed by atoms with Crippen LogP contribution in [0.25, 0.3) is 0 Å². The summed E-state index contributed by atoms with van der Waals surface area (Å²) in [5, 5.41) is 3.28. The zero-order valence-corrected chi connectivity index (χ0v) is 20.5. The molecule has 10 heteroatoms. The molecule has 1 aliphatic rings. The molecule has 5 N–H and O–H groups in total. The van der Waals surface area contributed by atoms with Gasteiger partial charge in [0.2, 0.25) is 0 Å². The van der Waals surface area contributed by atoms with E-state index in [2.05, 4.69) is 10.2 Å². The Morgan fingerprint density at radius 2 is 1.91 bits per heavy atom. The molecule has 0 aromatic heterocycles. The number of halogens is 2. The number of methoxy groups -OCH3 is 1. The molecular formula is C25H32ClFN4O4. The molecule has 1 aliphatic heterocycles. The number of nitrogen functional groups attached to an aromatic ring is 1. The van der Waals surface area contributed by atoms with E-state index in [0.717, 1.165) is 38.0 Å². The second kappa shape index (κ2) is 12.6. The maximum Gasteiger partial charge on any atom is 0.404 e. The molecule has 0 bridgehead atoms. The predicted molar refractivity (Wildman–Crippen MR) is 133 cm³/mol. The average molecular weight is 507 g/mol. The summed E-state index contributed by atoms with van der Waals surface area (Å²) < 4.78 is 23.7. The number of amides is 2. The summed E-state index contributed by atoms with van der Waals surface area (Å²) >= 11 is 6.07. The number of hydrogen-bond donors (Lipinski definition) is 3. The van der Waals surface area contributed by atoms with Crippen LogP contribution in [0.15, 0.2) is 36.4 Å². The zero-order valence-electron chi connectivity index (χ0n) is 19.8. The van der Waals surface area contributed by atoms with E-state index in [1.165, 1.54) is 25.3 Å². The molecule has 0 radical (unpaired) electrons. The van der Waals surface area contributed by atoms with Crippen LogP contribution in [-0.2, 0) is 11.2 Å². The summed E-state index contributed by atoms with van der Waals surface area (Å²) in [4.78, 5) is 26.3. The fourth-order valence-corrected chi connectivity index (χ4v) is 4.40. The Morgan fingerprint density at radius 3 is 2.54 bits per heavy atom. The summed E-state index contributed by atoms with van der Waals surface area (Å²) in [6.45, 7) is 3.05. The molecule has 2 aromatic carbocycles. The Bertz CT molecular complexity index is 1010. The molecule has 0 saturated carbocycles. The molecule has 2 aromatic rings. The molecule has 35 heavy (non-hydrogen) atoms. The van der Waals surface area contributed by atoms with Crippen LogP contribution in [0.5, 0.6) is 5.75 Å². The van der Waals surface area contributed by atoms with Gasteiger partial charge in [-0.3, -0.25) is 4.79 Å². The Hall–Kier alpha value is -3.04. The van der Waals surface area contributed by atoms with E-state index in [9.17, 15) is 14.0 Å². The van der Waals surface area contributed by atoms with Crippen LogP contribution in [0.3, 0.4) is 0 Å². The van der Waals surface area contributed by atoms with E-state index in [1.54, 1.807) is 18.2 Å². The lowest BCUT2D eigenvalue weighted by atomic mass is 9.96. The third-order valence-electron chi connectivity index (χ3n) is 6.25. The minimum Gasteiger partial charge on any atom is -0.496 e. The SMILES string of the molecule is COc1cc(N)c(Cl)cc1C(=O)NCC1CCN(CCC(Cc2ccc(F)cc2)OC(N)=O)CC1. The van der Waals surface area contributed by atoms with E-state index >= 15 is 0 Å². The fourth-order valence-electron chi connectivity index (χ4n) is 4.24. The van der Waals surface area contributed by atoms with Crippen molar-refractivity contribution in [2.24, 2.45) is 11.7 Å². The monoisotopic (exact) mass is 506 g/mol. The number of anilines is 1. The zero-order chi connectivity index (χ0) is 25.4. The maximum absolute atomic E-state index is 13.2. The van der Waals surface area contributed by atoms with Gasteiger partial charge in [-0.15, -0.1) is 0 Å². The number of benzene rings is 2. The van der Waals surface area contributed by atoms with Gasteiger partial charge in [-0.25, -0.2) is 9.18 Å². The number of rotatable bonds is 10. The summed E-state index contributed by atoms with van der Waals surface area (Å²) in [5.41, 5.74) is 12.6. The van der Waals surface area contributed by atoms with Crippen LogP contribution in [0, 0.1) is 11.7 Å². The Balaban J connectivity index is 1.44. The highest BCUT2D eigenvalue weighted by Crippen LogP contribution is 2.29. The topological polar surface area (TPSA) is 120 Å². The van der Waals surface area contributed by atoms with Crippen molar-refractivity contribution in [1.82, 2.24) is 10.2 Å². The second-order valence-corrected chi connectivity index (χ2v) is 9.15. The first-order chi connectivity index (χ1) is 16.7. The van der Waals surface area contributed by atoms with Crippen LogP contribution < -0.4 is 21.5 Å². The van der Waals surface area contributed by atoms with Gasteiger partial charge in [-0.1, -0.05) is 23.7 Å². The number of nitrogens with two attached hydrogens (primary N) is 2. The van der Waals surface area contributed by atoms with E-state index in [-0.39, 0.29) is 17.8 Å². The lowest BCUT2D eigenvalue weighted by Crippen LogP contribution is -2.40. The molecule has 8 nitrogen and oxygen atoms in total. The summed E-state index contributed by atoms with van der Waals surface area (Å²) in [5.74, 6) is 0.171. The number of nitrogens with one attached hydrogen (secondary N) is 1. The van der Waals surface area contributed by atoms with Crippen molar-refractivity contribution in [2.75, 3.05) is 39.0 Å². The summed E-state index contributed by atoms with van der Waals surface area (Å²) in [6.07, 6.45) is 1.77. The van der Waals surface area contributed by atoms with Gasteiger partial charge in [0.1, 0.15) is 17.7 Å². The third-order valence-corrected chi connectivity index (χ3v) is 6.58. The molecule has 0 aliphatic carbocycles. The van der Waals surface area contributed by atoms with Crippen LogP contribution in [0.1, 0.15) is 35.2 Å². The summed E-state index contributed by atoms with van der Waals surface area (Å²) in [7, 11) is 1.48. The van der Waals surface area contributed by atoms with Crippen molar-refractivity contribution >= 4 is 29.3 Å². The van der Waals surface area contributed by atoms with Gasteiger partial charge in [0.25, 0.3) is 5.91 Å². The number of nitrogens with zero attached hydrogens (tertiary/aromatic N) is 1. The maximum atomic E-state index is 13.2. The van der Waals surface area contributed by atoms with E-state index in [4.69, 9.17) is 32.5 Å². The number of likely N-dealkylation sites (tertiary alicyclic amines) is 1. The van der Waals surface area contributed by atoms with E-state index < -0.39 is 6.09 Å². The Morgan fingerprint density at radius 1 is 1.23 bits per heavy atom. The molecule has 1 saturated heterocycles. The van der Waals surface area contributed by atoms with Crippen molar-refractivity contribution in [3.05, 3.63) is 58.4 Å². The van der Waals surface area contributed by atoms with Gasteiger partial charge >= 0.3 is 6.09 Å². The molecule has 1 atom stereocenters. The Labute approximate surface area is 209 Å². The number of carbonyl (C=O) groups is 2. The molecule has 1 fully saturated rings. The number of hydrogen-bond acceptors (Lipinski definition) is 6. The molecular weight excluding hydrogens is 475 g/mol. The molecule has 1 unspecified atom stereocenters. The fraction of sp³-hybridized carbons (Fsp3) is 0.440. The molecule has 3 rings (SSSR count). The van der Waals surface area contributed by atoms with E-state index in [0.29, 0.717) is 47.3 Å². The largest absolute Gasteiger partial charge is 0.496 e. The number of carbonyl (C=O) groups excluding carboxylic acids is 2. The molecule has 2 amide bonds. The second-order valence-electron chi connectivity index (χ2n) is 8.75. The lowest BCUT2D eigenvalue weighted by molar-refractivity contribution is 0.0842. The number of piperidine rings is 1. The Kier molecular flexibility index (Phi) is 9.56. The number of primary amides is 1. The van der Waals surface area contributed by atoms with Gasteiger partial charge in [-0.05, 0) is 62.0 Å². The van der Waals surface area contributed by atoms with Gasteiger partial charge in [-0.2, -0.15) is 0 Å². The highest BCUT2D eigenvalue weighted by atomic mass is 35.5. The molecule has 190 valence electrons.